The summed E-state index contributed by atoms with van der Waals surface area (Å²) in [6.07, 6.45) is 1.38. The number of hydrazine groups is 1. The van der Waals surface area contributed by atoms with Gasteiger partial charge >= 0.3 is 0 Å². The van der Waals surface area contributed by atoms with Crippen molar-refractivity contribution >= 4 is 53.4 Å². The number of pyridine rings is 1. The van der Waals surface area contributed by atoms with E-state index in [0.29, 0.717) is 4.47 Å². The van der Waals surface area contributed by atoms with Gasteiger partial charge in [-0.3, -0.25) is 4.72 Å². The third kappa shape index (κ3) is 3.51. The van der Waals surface area contributed by atoms with Gasteiger partial charge in [0.25, 0.3) is 10.0 Å². The van der Waals surface area contributed by atoms with Crippen molar-refractivity contribution in [2.45, 2.75) is 4.90 Å². The number of rotatable bonds is 4. The van der Waals surface area contributed by atoms with Gasteiger partial charge in [-0.15, -0.1) is 0 Å². The van der Waals surface area contributed by atoms with E-state index in [9.17, 15) is 12.8 Å². The molecule has 6 nitrogen and oxygen atoms in total. The average molecular weight is 440 g/mol. The highest BCUT2D eigenvalue weighted by atomic mass is 79.9. The van der Waals surface area contributed by atoms with Gasteiger partial charge in [-0.1, -0.05) is 6.07 Å². The van der Waals surface area contributed by atoms with Crippen molar-refractivity contribution < 1.29 is 12.8 Å². The number of anilines is 2. The van der Waals surface area contributed by atoms with Gasteiger partial charge in [-0.05, 0) is 50.1 Å². The highest BCUT2D eigenvalue weighted by molar-refractivity contribution is 9.10. The Morgan fingerprint density at radius 2 is 2.00 bits per heavy atom. The largest absolute Gasteiger partial charge is 0.307 e. The first-order valence-electron chi connectivity index (χ1n) is 5.44. The molecule has 2 rings (SSSR count). The topological polar surface area (TPSA) is 97.1 Å². The van der Waals surface area contributed by atoms with Crippen LogP contribution in [0.15, 0.2) is 44.3 Å². The second kappa shape index (κ2) is 6.26. The Hall–Kier alpha value is -1.23. The fourth-order valence-corrected chi connectivity index (χ4v) is 3.81. The summed E-state index contributed by atoms with van der Waals surface area (Å²) in [7, 11) is -4.08. The van der Waals surface area contributed by atoms with Crippen LogP contribution in [-0.4, -0.2) is 13.4 Å². The highest BCUT2D eigenvalue weighted by Crippen LogP contribution is 2.30. The number of hydrogen-bond acceptors (Lipinski definition) is 5. The van der Waals surface area contributed by atoms with Crippen molar-refractivity contribution in [1.82, 2.24) is 4.98 Å². The van der Waals surface area contributed by atoms with E-state index in [4.69, 9.17) is 5.84 Å². The summed E-state index contributed by atoms with van der Waals surface area (Å²) in [4.78, 5) is 3.63. The normalized spacial score (nSPS) is 11.2. The molecule has 0 bridgehead atoms. The van der Waals surface area contributed by atoms with Crippen LogP contribution in [0, 0.1) is 5.82 Å². The number of nitrogens with zero attached hydrogens (tertiary/aromatic N) is 1. The number of nitrogen functional groups attached to an aromatic ring is 1. The quantitative estimate of drug-likeness (QED) is 0.502. The van der Waals surface area contributed by atoms with Gasteiger partial charge in [-0.25, -0.2) is 23.6 Å². The molecule has 0 spiro atoms. The van der Waals surface area contributed by atoms with Crippen molar-refractivity contribution in [3.63, 3.8) is 0 Å². The summed E-state index contributed by atoms with van der Waals surface area (Å²) in [5.74, 6) is 4.48. The van der Waals surface area contributed by atoms with E-state index in [1.165, 1.54) is 24.4 Å². The van der Waals surface area contributed by atoms with Crippen LogP contribution in [0.2, 0.25) is 0 Å². The SMILES string of the molecule is NNc1ncc(Br)cc1S(=O)(=O)Nc1c(F)cccc1Br. The van der Waals surface area contributed by atoms with Gasteiger partial charge in [0, 0.05) is 15.1 Å². The molecular weight excluding hydrogens is 431 g/mol. The molecule has 0 saturated carbocycles. The van der Waals surface area contributed by atoms with Gasteiger partial charge in [0.1, 0.15) is 10.7 Å². The molecule has 0 aliphatic rings. The molecule has 0 atom stereocenters. The zero-order valence-electron chi connectivity index (χ0n) is 10.3. The smallest absolute Gasteiger partial charge is 0.265 e. The average Bonchev–Trinajstić information content (AvgIpc) is 2.43. The molecule has 1 aromatic heterocycles. The summed E-state index contributed by atoms with van der Waals surface area (Å²) in [6, 6.07) is 5.41. The predicted molar refractivity (Wildman–Crippen MR) is 84.7 cm³/mol. The lowest BCUT2D eigenvalue weighted by Crippen LogP contribution is -2.19. The number of sulfonamides is 1. The van der Waals surface area contributed by atoms with E-state index < -0.39 is 15.8 Å². The molecule has 0 amide bonds. The Bertz CT molecular complexity index is 766. The zero-order valence-corrected chi connectivity index (χ0v) is 14.3. The molecule has 10 heteroatoms. The molecule has 0 aliphatic carbocycles. The maximum absolute atomic E-state index is 13.7. The summed E-state index contributed by atoms with van der Waals surface area (Å²) >= 11 is 6.22. The second-order valence-electron chi connectivity index (χ2n) is 3.85. The predicted octanol–water partition coefficient (Wildman–Crippen LogP) is 2.83. The third-order valence-corrected chi connectivity index (χ3v) is 4.90. The molecule has 21 heavy (non-hydrogen) atoms. The van der Waals surface area contributed by atoms with Crippen LogP contribution < -0.4 is 16.0 Å². The zero-order chi connectivity index (χ0) is 15.6. The third-order valence-electron chi connectivity index (χ3n) is 2.44. The summed E-state index contributed by atoms with van der Waals surface area (Å²) in [6.45, 7) is 0. The molecule has 0 saturated heterocycles. The number of nitrogens with one attached hydrogen (secondary N) is 2. The van der Waals surface area contributed by atoms with Gasteiger partial charge in [0.15, 0.2) is 5.82 Å². The number of para-hydroxylation sites is 1. The van der Waals surface area contributed by atoms with Crippen LogP contribution in [0.25, 0.3) is 0 Å². The first-order valence-corrected chi connectivity index (χ1v) is 8.51. The molecule has 0 aliphatic heterocycles. The van der Waals surface area contributed by atoms with E-state index in [1.54, 1.807) is 0 Å². The first-order chi connectivity index (χ1) is 9.85. The monoisotopic (exact) mass is 438 g/mol. The molecule has 4 N–H and O–H groups in total. The van der Waals surface area contributed by atoms with Crippen LogP contribution in [0.5, 0.6) is 0 Å². The Morgan fingerprint density at radius 1 is 1.29 bits per heavy atom. The fourth-order valence-electron chi connectivity index (χ4n) is 1.52. The van der Waals surface area contributed by atoms with Crippen LogP contribution >= 0.6 is 31.9 Å². The Labute approximate surface area is 137 Å². The summed E-state index contributed by atoms with van der Waals surface area (Å²) in [5.41, 5.74) is 1.99. The maximum atomic E-state index is 13.7. The molecular formula is C11H9Br2FN4O2S. The lowest BCUT2D eigenvalue weighted by Gasteiger charge is -2.13. The van der Waals surface area contributed by atoms with E-state index in [2.05, 4.69) is 47.0 Å². The summed E-state index contributed by atoms with van der Waals surface area (Å²) < 4.78 is 41.4. The maximum Gasteiger partial charge on any atom is 0.265 e. The van der Waals surface area contributed by atoms with Crippen LogP contribution in [0.4, 0.5) is 15.9 Å². The highest BCUT2D eigenvalue weighted by Gasteiger charge is 2.22. The number of aromatic nitrogens is 1. The molecule has 0 unspecified atom stereocenters. The number of nitrogens with two attached hydrogens (primary N) is 1. The lowest BCUT2D eigenvalue weighted by molar-refractivity contribution is 0.598. The van der Waals surface area contributed by atoms with Gasteiger partial charge in [-0.2, -0.15) is 0 Å². The van der Waals surface area contributed by atoms with E-state index in [-0.39, 0.29) is 20.9 Å². The van der Waals surface area contributed by atoms with E-state index >= 15 is 0 Å². The molecule has 2 aromatic rings. The number of hydrogen-bond donors (Lipinski definition) is 3. The van der Waals surface area contributed by atoms with Crippen molar-refractivity contribution in [3.05, 3.63) is 45.2 Å². The lowest BCUT2D eigenvalue weighted by atomic mass is 10.3. The molecule has 0 fully saturated rings. The number of halogens is 3. The second-order valence-corrected chi connectivity index (χ2v) is 7.27. The van der Waals surface area contributed by atoms with Crippen molar-refractivity contribution in [2.24, 2.45) is 5.84 Å². The molecule has 112 valence electrons. The Kier molecular flexibility index (Phi) is 4.81. The minimum atomic E-state index is -4.08. The standard InChI is InChI=1S/C11H9Br2FN4O2S/c12-6-4-9(11(17-15)16-5-6)21(19,20)18-10-7(13)2-1-3-8(10)14/h1-5,18H,15H2,(H,16,17). The first kappa shape index (κ1) is 16.1. The van der Waals surface area contributed by atoms with Gasteiger partial charge < -0.3 is 5.43 Å². The molecule has 1 aromatic carbocycles. The van der Waals surface area contributed by atoms with E-state index in [0.717, 1.165) is 6.07 Å². The summed E-state index contributed by atoms with van der Waals surface area (Å²) in [5, 5.41) is 0. The molecule has 1 heterocycles. The van der Waals surface area contributed by atoms with Gasteiger partial charge in [0.2, 0.25) is 0 Å². The van der Waals surface area contributed by atoms with E-state index in [1.807, 2.05) is 0 Å². The van der Waals surface area contributed by atoms with Crippen molar-refractivity contribution in [2.75, 3.05) is 10.1 Å². The Balaban J connectivity index is 2.51. The molecule has 0 radical (unpaired) electrons. The van der Waals surface area contributed by atoms with Crippen LogP contribution in [0.1, 0.15) is 0 Å². The number of benzene rings is 1. The van der Waals surface area contributed by atoms with Crippen molar-refractivity contribution in [3.8, 4) is 0 Å². The van der Waals surface area contributed by atoms with Gasteiger partial charge in [0.05, 0.1) is 5.69 Å². The Morgan fingerprint density at radius 3 is 2.62 bits per heavy atom. The van der Waals surface area contributed by atoms with Crippen molar-refractivity contribution in [1.29, 1.82) is 0 Å². The minimum absolute atomic E-state index is 0.0573. The van der Waals surface area contributed by atoms with Crippen LogP contribution in [-0.2, 0) is 10.0 Å². The fraction of sp³-hybridized carbons (Fsp3) is 0. The minimum Gasteiger partial charge on any atom is -0.307 e. The van der Waals surface area contributed by atoms with Crippen LogP contribution in [0.3, 0.4) is 0 Å².